The normalized spacial score (nSPS) is 10.9. The lowest BCUT2D eigenvalue weighted by Gasteiger charge is -2.09. The SMILES string of the molecule is C/C=C/c1ccc(OCc2nc(-c3ccc(OC)cc3OC)no2)c(OC)c1. The van der Waals surface area contributed by atoms with E-state index in [4.69, 9.17) is 23.5 Å². The molecule has 146 valence electrons. The zero-order chi connectivity index (χ0) is 19.9. The second kappa shape index (κ2) is 8.94. The summed E-state index contributed by atoms with van der Waals surface area (Å²) in [6, 6.07) is 11.1. The Balaban J connectivity index is 1.75. The molecule has 1 heterocycles. The van der Waals surface area contributed by atoms with Gasteiger partial charge < -0.3 is 23.5 Å². The van der Waals surface area contributed by atoms with Crippen molar-refractivity contribution in [3.63, 3.8) is 0 Å². The van der Waals surface area contributed by atoms with E-state index in [1.54, 1.807) is 27.4 Å². The third kappa shape index (κ3) is 4.25. The topological polar surface area (TPSA) is 75.8 Å². The summed E-state index contributed by atoms with van der Waals surface area (Å²) < 4.78 is 27.1. The third-order valence-electron chi connectivity index (χ3n) is 4.02. The molecule has 2 aromatic carbocycles. The minimum absolute atomic E-state index is 0.116. The van der Waals surface area contributed by atoms with Crippen molar-refractivity contribution in [2.45, 2.75) is 13.5 Å². The van der Waals surface area contributed by atoms with Gasteiger partial charge >= 0.3 is 0 Å². The second-order valence-corrected chi connectivity index (χ2v) is 5.78. The van der Waals surface area contributed by atoms with Gasteiger partial charge in [-0.1, -0.05) is 23.4 Å². The van der Waals surface area contributed by atoms with Gasteiger partial charge in [-0.05, 0) is 36.8 Å². The number of hydrogen-bond acceptors (Lipinski definition) is 7. The van der Waals surface area contributed by atoms with E-state index >= 15 is 0 Å². The molecule has 7 heteroatoms. The van der Waals surface area contributed by atoms with E-state index in [1.165, 1.54) is 0 Å². The van der Waals surface area contributed by atoms with Crippen LogP contribution in [-0.4, -0.2) is 31.5 Å². The summed E-state index contributed by atoms with van der Waals surface area (Å²) in [5.41, 5.74) is 1.73. The molecular formula is C21H22N2O5. The fourth-order valence-electron chi connectivity index (χ4n) is 2.65. The van der Waals surface area contributed by atoms with Gasteiger partial charge in [0.2, 0.25) is 5.82 Å². The van der Waals surface area contributed by atoms with Crippen LogP contribution in [0.3, 0.4) is 0 Å². The van der Waals surface area contributed by atoms with Crippen molar-refractivity contribution in [2.75, 3.05) is 21.3 Å². The van der Waals surface area contributed by atoms with Gasteiger partial charge in [0, 0.05) is 6.07 Å². The van der Waals surface area contributed by atoms with Gasteiger partial charge in [0.05, 0.1) is 26.9 Å². The molecule has 0 bridgehead atoms. The Hall–Kier alpha value is -3.48. The summed E-state index contributed by atoms with van der Waals surface area (Å²) in [6.07, 6.45) is 3.95. The molecule has 0 unspecified atom stereocenters. The quantitative estimate of drug-likeness (QED) is 0.572. The molecule has 3 aromatic rings. The number of aromatic nitrogens is 2. The minimum Gasteiger partial charge on any atom is -0.497 e. The molecule has 0 saturated heterocycles. The van der Waals surface area contributed by atoms with Crippen LogP contribution in [0.15, 0.2) is 47.0 Å². The lowest BCUT2D eigenvalue weighted by Crippen LogP contribution is -1.98. The van der Waals surface area contributed by atoms with E-state index < -0.39 is 0 Å². The zero-order valence-electron chi connectivity index (χ0n) is 16.3. The van der Waals surface area contributed by atoms with Gasteiger partial charge in [-0.2, -0.15) is 4.98 Å². The molecule has 0 aliphatic carbocycles. The van der Waals surface area contributed by atoms with Crippen molar-refractivity contribution in [2.24, 2.45) is 0 Å². The Labute approximate surface area is 163 Å². The number of benzene rings is 2. The summed E-state index contributed by atoms with van der Waals surface area (Å²) >= 11 is 0. The molecular weight excluding hydrogens is 360 g/mol. The molecule has 1 aromatic heterocycles. The number of nitrogens with zero attached hydrogens (tertiary/aromatic N) is 2. The molecule has 7 nitrogen and oxygen atoms in total. The van der Waals surface area contributed by atoms with Crippen LogP contribution in [0.25, 0.3) is 17.5 Å². The Morgan fingerprint density at radius 3 is 2.46 bits per heavy atom. The molecule has 0 aliphatic rings. The maximum absolute atomic E-state index is 5.79. The summed E-state index contributed by atoms with van der Waals surface area (Å²) in [6.45, 7) is 2.08. The molecule has 0 aliphatic heterocycles. The highest BCUT2D eigenvalue weighted by atomic mass is 16.5. The van der Waals surface area contributed by atoms with Gasteiger partial charge in [-0.15, -0.1) is 0 Å². The first-order chi connectivity index (χ1) is 13.7. The minimum atomic E-state index is 0.116. The average Bonchev–Trinajstić information content (AvgIpc) is 3.21. The lowest BCUT2D eigenvalue weighted by molar-refractivity contribution is 0.233. The third-order valence-corrected chi connectivity index (χ3v) is 4.02. The van der Waals surface area contributed by atoms with Crippen LogP contribution in [0.4, 0.5) is 0 Å². The number of ether oxygens (including phenoxy) is 4. The van der Waals surface area contributed by atoms with Crippen molar-refractivity contribution < 1.29 is 23.5 Å². The van der Waals surface area contributed by atoms with Crippen molar-refractivity contribution in [3.8, 4) is 34.4 Å². The maximum atomic E-state index is 5.79. The van der Waals surface area contributed by atoms with E-state index in [2.05, 4.69) is 10.1 Å². The van der Waals surface area contributed by atoms with Gasteiger partial charge in [0.15, 0.2) is 18.1 Å². The molecule has 28 heavy (non-hydrogen) atoms. The van der Waals surface area contributed by atoms with Crippen LogP contribution >= 0.6 is 0 Å². The number of hydrogen-bond donors (Lipinski definition) is 0. The molecule has 0 amide bonds. The first kappa shape index (κ1) is 19.3. The predicted octanol–water partition coefficient (Wildman–Crippen LogP) is 4.37. The van der Waals surface area contributed by atoms with Gasteiger partial charge in [-0.25, -0.2) is 0 Å². The molecule has 3 rings (SSSR count). The van der Waals surface area contributed by atoms with E-state index in [0.717, 1.165) is 5.56 Å². The highest BCUT2D eigenvalue weighted by molar-refractivity contribution is 5.65. The summed E-state index contributed by atoms with van der Waals surface area (Å²) in [7, 11) is 4.77. The fraction of sp³-hybridized carbons (Fsp3) is 0.238. The largest absolute Gasteiger partial charge is 0.497 e. The monoisotopic (exact) mass is 382 g/mol. The molecule has 0 saturated carbocycles. The van der Waals surface area contributed by atoms with E-state index in [0.29, 0.717) is 40.3 Å². The van der Waals surface area contributed by atoms with Crippen molar-refractivity contribution in [1.82, 2.24) is 10.1 Å². The first-order valence-corrected chi connectivity index (χ1v) is 8.67. The Bertz CT molecular complexity index is 965. The highest BCUT2D eigenvalue weighted by Crippen LogP contribution is 2.32. The molecule has 0 radical (unpaired) electrons. The van der Waals surface area contributed by atoms with Crippen molar-refractivity contribution in [3.05, 3.63) is 53.9 Å². The standard InChI is InChI=1S/C21H22N2O5/c1-5-6-14-7-10-17(19(11-14)26-4)27-13-20-22-21(23-28-20)16-9-8-15(24-2)12-18(16)25-3/h5-12H,13H2,1-4H3/b6-5+. The average molecular weight is 382 g/mol. The Morgan fingerprint density at radius 2 is 1.75 bits per heavy atom. The van der Waals surface area contributed by atoms with Crippen LogP contribution in [0.1, 0.15) is 18.4 Å². The Kier molecular flexibility index (Phi) is 6.16. The maximum Gasteiger partial charge on any atom is 0.264 e. The summed E-state index contributed by atoms with van der Waals surface area (Å²) in [5, 5.41) is 4.02. The van der Waals surface area contributed by atoms with Crippen LogP contribution in [0, 0.1) is 0 Å². The molecule has 0 spiro atoms. The van der Waals surface area contributed by atoms with E-state index in [9.17, 15) is 0 Å². The van der Waals surface area contributed by atoms with Gasteiger partial charge in [-0.3, -0.25) is 0 Å². The molecule has 0 N–H and O–H groups in total. The second-order valence-electron chi connectivity index (χ2n) is 5.78. The Morgan fingerprint density at radius 1 is 0.929 bits per heavy atom. The summed E-state index contributed by atoms with van der Waals surface area (Å²) in [4.78, 5) is 4.39. The number of methoxy groups -OCH3 is 3. The van der Waals surface area contributed by atoms with Crippen molar-refractivity contribution in [1.29, 1.82) is 0 Å². The van der Waals surface area contributed by atoms with Crippen LogP contribution in [0.5, 0.6) is 23.0 Å². The van der Waals surface area contributed by atoms with Gasteiger partial charge in [0.25, 0.3) is 5.89 Å². The highest BCUT2D eigenvalue weighted by Gasteiger charge is 2.15. The number of rotatable bonds is 8. The summed E-state index contributed by atoms with van der Waals surface area (Å²) in [5.74, 6) is 3.25. The van der Waals surface area contributed by atoms with E-state index in [1.807, 2.05) is 49.4 Å². The van der Waals surface area contributed by atoms with Crippen LogP contribution < -0.4 is 18.9 Å². The van der Waals surface area contributed by atoms with Gasteiger partial charge in [0.1, 0.15) is 11.5 Å². The lowest BCUT2D eigenvalue weighted by atomic mass is 10.2. The molecule has 0 fully saturated rings. The van der Waals surface area contributed by atoms with Crippen LogP contribution in [0.2, 0.25) is 0 Å². The first-order valence-electron chi connectivity index (χ1n) is 8.67. The fourth-order valence-corrected chi connectivity index (χ4v) is 2.65. The molecule has 0 atom stereocenters. The zero-order valence-corrected chi connectivity index (χ0v) is 16.3. The van der Waals surface area contributed by atoms with Crippen LogP contribution in [-0.2, 0) is 6.61 Å². The smallest absolute Gasteiger partial charge is 0.264 e. The predicted molar refractivity (Wildman–Crippen MR) is 105 cm³/mol. The van der Waals surface area contributed by atoms with E-state index in [-0.39, 0.29) is 6.61 Å². The number of allylic oxidation sites excluding steroid dienone is 1. The van der Waals surface area contributed by atoms with Crippen molar-refractivity contribution >= 4 is 6.08 Å².